The Hall–Kier alpha value is -2.14. The first-order valence-electron chi connectivity index (χ1n) is 6.75. The van der Waals surface area contributed by atoms with Crippen LogP contribution in [0.2, 0.25) is 0 Å². The van der Waals surface area contributed by atoms with Gasteiger partial charge in [-0.15, -0.1) is 0 Å². The largest absolute Gasteiger partial charge is 0.486 e. The summed E-state index contributed by atoms with van der Waals surface area (Å²) in [5.41, 5.74) is 0.686. The van der Waals surface area contributed by atoms with E-state index >= 15 is 0 Å². The van der Waals surface area contributed by atoms with Crippen LogP contribution in [-0.4, -0.2) is 19.3 Å². The molecule has 0 spiro atoms. The Morgan fingerprint density at radius 3 is 2.67 bits per heavy atom. The molecular formula is C16H15F2NO2. The predicted molar refractivity (Wildman–Crippen MR) is 74.4 cm³/mol. The summed E-state index contributed by atoms with van der Waals surface area (Å²) in [6.07, 6.45) is -0.106. The Balaban J connectivity index is 1.51. The molecule has 0 saturated carbocycles. The van der Waals surface area contributed by atoms with Crippen LogP contribution in [0.5, 0.6) is 11.5 Å². The topological polar surface area (TPSA) is 30.5 Å². The molecule has 110 valence electrons. The highest BCUT2D eigenvalue weighted by atomic mass is 19.2. The monoisotopic (exact) mass is 291 g/mol. The average Bonchev–Trinajstić information content (AvgIpc) is 2.51. The lowest BCUT2D eigenvalue weighted by Gasteiger charge is -2.26. The quantitative estimate of drug-likeness (QED) is 0.939. The number of para-hydroxylation sites is 2. The van der Waals surface area contributed by atoms with Crippen LogP contribution in [0.15, 0.2) is 42.5 Å². The van der Waals surface area contributed by atoms with Gasteiger partial charge in [0.15, 0.2) is 23.1 Å². The molecular weight excluding hydrogens is 276 g/mol. The number of fused-ring (bicyclic) bond motifs is 1. The second-order valence-corrected chi connectivity index (χ2v) is 4.88. The van der Waals surface area contributed by atoms with Gasteiger partial charge in [-0.2, -0.15) is 0 Å². The predicted octanol–water partition coefficient (Wildman–Crippen LogP) is 2.89. The van der Waals surface area contributed by atoms with Crippen LogP contribution in [0.4, 0.5) is 8.78 Å². The Labute approximate surface area is 121 Å². The summed E-state index contributed by atoms with van der Waals surface area (Å²) in [6.45, 7) is 1.47. The summed E-state index contributed by atoms with van der Waals surface area (Å²) in [6, 6.07) is 11.4. The van der Waals surface area contributed by atoms with Crippen molar-refractivity contribution in [3.63, 3.8) is 0 Å². The van der Waals surface area contributed by atoms with Crippen LogP contribution in [-0.2, 0) is 6.54 Å². The molecule has 1 N–H and O–H groups in total. The standard InChI is InChI=1S/C16H15F2NO2/c17-13-6-5-11(7-14(13)18)8-19-9-12-10-20-15-3-1-2-4-16(15)21-12/h1-7,12,19H,8-10H2. The molecule has 0 radical (unpaired) electrons. The van der Waals surface area contributed by atoms with E-state index in [1.165, 1.54) is 6.07 Å². The van der Waals surface area contributed by atoms with E-state index in [1.54, 1.807) is 6.07 Å². The minimum Gasteiger partial charge on any atom is -0.486 e. The maximum atomic E-state index is 13.1. The normalized spacial score (nSPS) is 16.8. The smallest absolute Gasteiger partial charge is 0.161 e. The summed E-state index contributed by atoms with van der Waals surface area (Å²) >= 11 is 0. The van der Waals surface area contributed by atoms with E-state index in [1.807, 2.05) is 24.3 Å². The fourth-order valence-electron chi connectivity index (χ4n) is 2.19. The van der Waals surface area contributed by atoms with Crippen molar-refractivity contribution in [1.82, 2.24) is 5.32 Å². The zero-order valence-electron chi connectivity index (χ0n) is 11.3. The van der Waals surface area contributed by atoms with Gasteiger partial charge in [0, 0.05) is 13.1 Å². The van der Waals surface area contributed by atoms with E-state index in [9.17, 15) is 8.78 Å². The van der Waals surface area contributed by atoms with Crippen molar-refractivity contribution >= 4 is 0 Å². The van der Waals surface area contributed by atoms with Crippen molar-refractivity contribution in [3.8, 4) is 11.5 Å². The molecule has 2 aromatic rings. The summed E-state index contributed by atoms with van der Waals surface area (Å²) in [5, 5.41) is 3.15. The summed E-state index contributed by atoms with van der Waals surface area (Å²) in [7, 11) is 0. The lowest BCUT2D eigenvalue weighted by Crippen LogP contribution is -2.38. The zero-order valence-corrected chi connectivity index (χ0v) is 11.3. The molecule has 0 aliphatic carbocycles. The third-order valence-electron chi connectivity index (χ3n) is 3.25. The molecule has 1 atom stereocenters. The van der Waals surface area contributed by atoms with E-state index in [-0.39, 0.29) is 6.10 Å². The van der Waals surface area contributed by atoms with Gasteiger partial charge in [-0.05, 0) is 29.8 Å². The molecule has 1 heterocycles. The summed E-state index contributed by atoms with van der Waals surface area (Å²) in [4.78, 5) is 0. The number of hydrogen-bond acceptors (Lipinski definition) is 3. The third kappa shape index (κ3) is 3.31. The molecule has 0 fully saturated rings. The Morgan fingerprint density at radius 1 is 1.05 bits per heavy atom. The first-order chi connectivity index (χ1) is 10.2. The second-order valence-electron chi connectivity index (χ2n) is 4.88. The number of benzene rings is 2. The van der Waals surface area contributed by atoms with Crippen LogP contribution >= 0.6 is 0 Å². The molecule has 0 aromatic heterocycles. The van der Waals surface area contributed by atoms with Crippen LogP contribution in [0, 0.1) is 11.6 Å². The molecule has 0 bridgehead atoms. The lowest BCUT2D eigenvalue weighted by atomic mass is 10.2. The van der Waals surface area contributed by atoms with Gasteiger partial charge in [0.1, 0.15) is 12.7 Å². The lowest BCUT2D eigenvalue weighted by molar-refractivity contribution is 0.0902. The van der Waals surface area contributed by atoms with E-state index in [2.05, 4.69) is 5.32 Å². The van der Waals surface area contributed by atoms with Crippen LogP contribution in [0.25, 0.3) is 0 Å². The van der Waals surface area contributed by atoms with Crippen molar-refractivity contribution in [2.45, 2.75) is 12.6 Å². The highest BCUT2D eigenvalue weighted by Crippen LogP contribution is 2.30. The molecule has 3 rings (SSSR count). The van der Waals surface area contributed by atoms with Gasteiger partial charge < -0.3 is 14.8 Å². The number of halogens is 2. The van der Waals surface area contributed by atoms with E-state index < -0.39 is 11.6 Å². The molecule has 0 amide bonds. The Bertz CT molecular complexity index is 633. The minimum absolute atomic E-state index is 0.106. The van der Waals surface area contributed by atoms with Crippen molar-refractivity contribution in [1.29, 1.82) is 0 Å². The van der Waals surface area contributed by atoms with Crippen LogP contribution in [0.3, 0.4) is 0 Å². The number of rotatable bonds is 4. The van der Waals surface area contributed by atoms with Crippen LogP contribution < -0.4 is 14.8 Å². The fraction of sp³-hybridized carbons (Fsp3) is 0.250. The summed E-state index contributed by atoms with van der Waals surface area (Å²) < 4.78 is 37.3. The molecule has 1 aliphatic heterocycles. The van der Waals surface area contributed by atoms with E-state index in [4.69, 9.17) is 9.47 Å². The molecule has 3 nitrogen and oxygen atoms in total. The van der Waals surface area contributed by atoms with Gasteiger partial charge in [-0.1, -0.05) is 18.2 Å². The minimum atomic E-state index is -0.834. The molecule has 1 aliphatic rings. The number of nitrogens with one attached hydrogen (secondary N) is 1. The highest BCUT2D eigenvalue weighted by Gasteiger charge is 2.19. The maximum Gasteiger partial charge on any atom is 0.161 e. The van der Waals surface area contributed by atoms with Crippen molar-refractivity contribution in [3.05, 3.63) is 59.7 Å². The molecule has 2 aromatic carbocycles. The third-order valence-corrected chi connectivity index (χ3v) is 3.25. The molecule has 21 heavy (non-hydrogen) atoms. The zero-order chi connectivity index (χ0) is 14.7. The number of hydrogen-bond donors (Lipinski definition) is 1. The second kappa shape index (κ2) is 6.10. The number of ether oxygens (including phenoxy) is 2. The van der Waals surface area contributed by atoms with Gasteiger partial charge in [-0.25, -0.2) is 8.78 Å². The molecule has 1 unspecified atom stereocenters. The van der Waals surface area contributed by atoms with Gasteiger partial charge in [0.2, 0.25) is 0 Å². The van der Waals surface area contributed by atoms with Crippen LogP contribution in [0.1, 0.15) is 5.56 Å². The molecule has 0 saturated heterocycles. The van der Waals surface area contributed by atoms with E-state index in [0.29, 0.717) is 25.3 Å². The first-order valence-corrected chi connectivity index (χ1v) is 6.75. The SMILES string of the molecule is Fc1ccc(CNCC2COc3ccccc3O2)cc1F. The van der Waals surface area contributed by atoms with Gasteiger partial charge >= 0.3 is 0 Å². The maximum absolute atomic E-state index is 13.1. The van der Waals surface area contributed by atoms with E-state index in [0.717, 1.165) is 17.6 Å². The summed E-state index contributed by atoms with van der Waals surface area (Å²) in [5.74, 6) is -0.197. The first kappa shape index (κ1) is 13.8. The van der Waals surface area contributed by atoms with Crippen molar-refractivity contribution in [2.24, 2.45) is 0 Å². The van der Waals surface area contributed by atoms with Gasteiger partial charge in [0.05, 0.1) is 0 Å². The van der Waals surface area contributed by atoms with Gasteiger partial charge in [0.25, 0.3) is 0 Å². The molecule has 5 heteroatoms. The fourth-order valence-corrected chi connectivity index (χ4v) is 2.19. The van der Waals surface area contributed by atoms with Gasteiger partial charge in [-0.3, -0.25) is 0 Å². The van der Waals surface area contributed by atoms with Crippen molar-refractivity contribution in [2.75, 3.05) is 13.2 Å². The Kier molecular flexibility index (Phi) is 4.01. The van der Waals surface area contributed by atoms with Crippen molar-refractivity contribution < 1.29 is 18.3 Å². The Morgan fingerprint density at radius 2 is 1.86 bits per heavy atom. The highest BCUT2D eigenvalue weighted by molar-refractivity contribution is 5.40. The average molecular weight is 291 g/mol.